The second-order valence-electron chi connectivity index (χ2n) is 6.69. The summed E-state index contributed by atoms with van der Waals surface area (Å²) < 4.78 is 37.7. The Hall–Kier alpha value is -4.33. The van der Waals surface area contributed by atoms with Crippen LogP contribution < -0.4 is 14.8 Å². The summed E-state index contributed by atoms with van der Waals surface area (Å²) >= 11 is 0. The highest BCUT2D eigenvalue weighted by molar-refractivity contribution is 6.04. The van der Waals surface area contributed by atoms with Gasteiger partial charge in [0, 0.05) is 41.2 Å². The number of methoxy groups -OCH3 is 1. The van der Waals surface area contributed by atoms with E-state index in [0.717, 1.165) is 18.2 Å². The SMILES string of the molecule is COc1cccc(Oc2ccnc(-c3cccc(C(=O)Nc4cc(F)cc(F)c4)c3)n2)c1. The maximum Gasteiger partial charge on any atom is 0.255 e. The van der Waals surface area contributed by atoms with Crippen LogP contribution >= 0.6 is 0 Å². The summed E-state index contributed by atoms with van der Waals surface area (Å²) in [7, 11) is 1.57. The molecule has 1 aromatic heterocycles. The third-order valence-corrected chi connectivity index (χ3v) is 4.40. The van der Waals surface area contributed by atoms with Crippen LogP contribution in [0.15, 0.2) is 79.0 Å². The van der Waals surface area contributed by atoms with Crippen molar-refractivity contribution in [2.75, 3.05) is 12.4 Å². The lowest BCUT2D eigenvalue weighted by atomic mass is 10.1. The van der Waals surface area contributed by atoms with E-state index in [2.05, 4.69) is 15.3 Å². The molecular weight excluding hydrogens is 416 g/mol. The lowest BCUT2D eigenvalue weighted by Gasteiger charge is -2.09. The van der Waals surface area contributed by atoms with E-state index in [1.807, 2.05) is 0 Å². The fourth-order valence-corrected chi connectivity index (χ4v) is 2.95. The van der Waals surface area contributed by atoms with Crippen LogP contribution in [0.25, 0.3) is 11.4 Å². The lowest BCUT2D eigenvalue weighted by molar-refractivity contribution is 0.102. The number of ether oxygens (including phenoxy) is 2. The van der Waals surface area contributed by atoms with Crippen LogP contribution in [0.4, 0.5) is 14.5 Å². The highest BCUT2D eigenvalue weighted by Crippen LogP contribution is 2.26. The molecule has 3 aromatic carbocycles. The molecular formula is C24H17F2N3O3. The van der Waals surface area contributed by atoms with Gasteiger partial charge < -0.3 is 14.8 Å². The van der Waals surface area contributed by atoms with Crippen LogP contribution in [-0.2, 0) is 0 Å². The predicted molar refractivity (Wildman–Crippen MR) is 115 cm³/mol. The van der Waals surface area contributed by atoms with Crippen LogP contribution in [0.1, 0.15) is 10.4 Å². The molecule has 32 heavy (non-hydrogen) atoms. The molecule has 0 aliphatic carbocycles. The first-order chi connectivity index (χ1) is 15.5. The van der Waals surface area contributed by atoms with E-state index in [4.69, 9.17) is 9.47 Å². The molecule has 0 fully saturated rings. The van der Waals surface area contributed by atoms with Gasteiger partial charge in [-0.05, 0) is 36.4 Å². The highest BCUT2D eigenvalue weighted by Gasteiger charge is 2.11. The van der Waals surface area contributed by atoms with E-state index >= 15 is 0 Å². The van der Waals surface area contributed by atoms with Gasteiger partial charge in [-0.1, -0.05) is 18.2 Å². The van der Waals surface area contributed by atoms with Gasteiger partial charge in [-0.15, -0.1) is 0 Å². The van der Waals surface area contributed by atoms with Gasteiger partial charge in [-0.2, -0.15) is 4.98 Å². The minimum absolute atomic E-state index is 0.0165. The van der Waals surface area contributed by atoms with Crippen molar-refractivity contribution in [3.05, 3.63) is 96.2 Å². The number of hydrogen-bond donors (Lipinski definition) is 1. The van der Waals surface area contributed by atoms with E-state index in [9.17, 15) is 13.6 Å². The second-order valence-corrected chi connectivity index (χ2v) is 6.69. The van der Waals surface area contributed by atoms with Crippen molar-refractivity contribution in [1.82, 2.24) is 9.97 Å². The third-order valence-electron chi connectivity index (χ3n) is 4.40. The van der Waals surface area contributed by atoms with Gasteiger partial charge in [0.1, 0.15) is 23.1 Å². The van der Waals surface area contributed by atoms with Crippen molar-refractivity contribution in [2.24, 2.45) is 0 Å². The first-order valence-electron chi connectivity index (χ1n) is 9.53. The minimum atomic E-state index is -0.782. The molecule has 1 amide bonds. The third kappa shape index (κ3) is 5.04. The summed E-state index contributed by atoms with van der Waals surface area (Å²) in [6.45, 7) is 0. The van der Waals surface area contributed by atoms with Crippen molar-refractivity contribution in [3.63, 3.8) is 0 Å². The second kappa shape index (κ2) is 9.22. The number of hydrogen-bond acceptors (Lipinski definition) is 5. The average Bonchev–Trinajstić information content (AvgIpc) is 2.79. The van der Waals surface area contributed by atoms with Crippen molar-refractivity contribution in [2.45, 2.75) is 0 Å². The molecule has 0 spiro atoms. The number of carbonyl (C=O) groups is 1. The maximum atomic E-state index is 13.4. The molecule has 4 aromatic rings. The Morgan fingerprint density at radius 2 is 1.66 bits per heavy atom. The largest absolute Gasteiger partial charge is 0.497 e. The van der Waals surface area contributed by atoms with E-state index in [1.165, 1.54) is 0 Å². The van der Waals surface area contributed by atoms with Crippen molar-refractivity contribution < 1.29 is 23.0 Å². The molecule has 0 atom stereocenters. The summed E-state index contributed by atoms with van der Waals surface area (Å²) in [5, 5.41) is 2.48. The molecule has 6 nitrogen and oxygen atoms in total. The monoisotopic (exact) mass is 433 g/mol. The molecule has 0 unspecified atom stereocenters. The Morgan fingerprint density at radius 3 is 2.44 bits per heavy atom. The Labute approximate surface area is 182 Å². The van der Waals surface area contributed by atoms with Gasteiger partial charge in [0.15, 0.2) is 5.82 Å². The molecule has 8 heteroatoms. The number of carbonyl (C=O) groups excluding carboxylic acids is 1. The standard InChI is InChI=1S/C24H17F2N3O3/c1-31-20-6-3-7-21(14-20)32-22-8-9-27-23(29-22)15-4-2-5-16(10-15)24(30)28-19-12-17(25)11-18(26)13-19/h2-14H,1H3,(H,28,30). The predicted octanol–water partition coefficient (Wildman–Crippen LogP) is 5.48. The fraction of sp³-hybridized carbons (Fsp3) is 0.0417. The highest BCUT2D eigenvalue weighted by atomic mass is 19.1. The number of nitrogens with zero attached hydrogens (tertiary/aromatic N) is 2. The van der Waals surface area contributed by atoms with Crippen LogP contribution in [0.3, 0.4) is 0 Å². The topological polar surface area (TPSA) is 73.3 Å². The van der Waals surface area contributed by atoms with Crippen LogP contribution in [-0.4, -0.2) is 23.0 Å². The van der Waals surface area contributed by atoms with E-state index in [0.29, 0.717) is 28.8 Å². The van der Waals surface area contributed by atoms with Gasteiger partial charge in [0.2, 0.25) is 5.88 Å². The zero-order chi connectivity index (χ0) is 22.5. The zero-order valence-electron chi connectivity index (χ0n) is 16.9. The first kappa shape index (κ1) is 20.9. The van der Waals surface area contributed by atoms with Crippen LogP contribution in [0, 0.1) is 11.6 Å². The smallest absolute Gasteiger partial charge is 0.255 e. The molecule has 0 saturated heterocycles. The van der Waals surface area contributed by atoms with Gasteiger partial charge >= 0.3 is 0 Å². The summed E-state index contributed by atoms with van der Waals surface area (Å²) in [6, 6.07) is 18.1. The number of anilines is 1. The number of halogens is 2. The average molecular weight is 433 g/mol. The molecule has 0 bridgehead atoms. The van der Waals surface area contributed by atoms with Crippen LogP contribution in [0.2, 0.25) is 0 Å². The molecule has 1 heterocycles. The van der Waals surface area contributed by atoms with Gasteiger partial charge in [0.25, 0.3) is 5.91 Å². The van der Waals surface area contributed by atoms with Crippen molar-refractivity contribution in [3.8, 4) is 28.8 Å². The molecule has 0 aliphatic rings. The summed E-state index contributed by atoms with van der Waals surface area (Å²) in [4.78, 5) is 21.2. The zero-order valence-corrected chi connectivity index (χ0v) is 16.9. The van der Waals surface area contributed by atoms with E-state index < -0.39 is 17.5 Å². The molecule has 4 rings (SSSR count). The van der Waals surface area contributed by atoms with Crippen molar-refractivity contribution in [1.29, 1.82) is 0 Å². The Bertz CT molecular complexity index is 1260. The normalized spacial score (nSPS) is 10.5. The Balaban J connectivity index is 1.55. The quantitative estimate of drug-likeness (QED) is 0.436. The molecule has 160 valence electrons. The number of aromatic nitrogens is 2. The van der Waals surface area contributed by atoms with Crippen LogP contribution in [0.5, 0.6) is 17.4 Å². The maximum absolute atomic E-state index is 13.4. The summed E-state index contributed by atoms with van der Waals surface area (Å²) in [5.41, 5.74) is 0.858. The lowest BCUT2D eigenvalue weighted by Crippen LogP contribution is -2.12. The number of nitrogens with one attached hydrogen (secondary N) is 1. The fourth-order valence-electron chi connectivity index (χ4n) is 2.95. The summed E-state index contributed by atoms with van der Waals surface area (Å²) in [5.74, 6) is -0.241. The number of benzene rings is 3. The van der Waals surface area contributed by atoms with Gasteiger partial charge in [-0.3, -0.25) is 4.79 Å². The number of rotatable bonds is 6. The molecule has 0 saturated carbocycles. The minimum Gasteiger partial charge on any atom is -0.497 e. The number of amides is 1. The Kier molecular flexibility index (Phi) is 6.03. The summed E-state index contributed by atoms with van der Waals surface area (Å²) in [6.07, 6.45) is 1.54. The molecule has 0 radical (unpaired) electrons. The molecule has 0 aliphatic heterocycles. The Morgan fingerprint density at radius 1 is 0.906 bits per heavy atom. The van der Waals surface area contributed by atoms with E-state index in [-0.39, 0.29) is 11.3 Å². The van der Waals surface area contributed by atoms with Crippen molar-refractivity contribution >= 4 is 11.6 Å². The van der Waals surface area contributed by atoms with Gasteiger partial charge in [-0.25, -0.2) is 13.8 Å². The van der Waals surface area contributed by atoms with Gasteiger partial charge in [0.05, 0.1) is 7.11 Å². The molecule has 1 N–H and O–H groups in total. The first-order valence-corrected chi connectivity index (χ1v) is 9.53. The van der Waals surface area contributed by atoms with E-state index in [1.54, 1.807) is 67.9 Å².